The van der Waals surface area contributed by atoms with Gasteiger partial charge in [-0.1, -0.05) is 30.7 Å². The normalized spacial score (nSPS) is 19.2. The summed E-state index contributed by atoms with van der Waals surface area (Å²) in [5, 5.41) is 19.6. The lowest BCUT2D eigenvalue weighted by Gasteiger charge is -2.27. The molecule has 1 saturated carbocycles. The van der Waals surface area contributed by atoms with Crippen molar-refractivity contribution in [3.8, 4) is 0 Å². The molecule has 2 rings (SSSR count). The van der Waals surface area contributed by atoms with Crippen molar-refractivity contribution in [2.75, 3.05) is 0 Å². The molecule has 0 aliphatic heterocycles. The molecule has 1 atom stereocenters. The van der Waals surface area contributed by atoms with Crippen LogP contribution in [0.4, 0.5) is 0 Å². The molecule has 0 saturated heterocycles. The van der Waals surface area contributed by atoms with Crippen LogP contribution in [0.3, 0.4) is 0 Å². The van der Waals surface area contributed by atoms with E-state index < -0.39 is 11.7 Å². The smallest absolute Gasteiger partial charge is 0.107 e. The third kappa shape index (κ3) is 2.28. The van der Waals surface area contributed by atoms with Gasteiger partial charge in [0, 0.05) is 0 Å². The Morgan fingerprint density at radius 2 is 1.75 bits per heavy atom. The first kappa shape index (κ1) is 11.6. The highest BCUT2D eigenvalue weighted by atomic mass is 16.3. The third-order valence-corrected chi connectivity index (χ3v) is 3.50. The molecule has 0 radical (unpaired) electrons. The average Bonchev–Trinajstić information content (AvgIpc) is 2.14. The van der Waals surface area contributed by atoms with E-state index in [0.717, 1.165) is 5.56 Å². The zero-order chi connectivity index (χ0) is 11.8. The van der Waals surface area contributed by atoms with E-state index in [9.17, 15) is 10.2 Å². The van der Waals surface area contributed by atoms with Crippen molar-refractivity contribution < 1.29 is 10.2 Å². The molecule has 2 N–H and O–H groups in total. The van der Waals surface area contributed by atoms with E-state index in [-0.39, 0.29) is 0 Å². The summed E-state index contributed by atoms with van der Waals surface area (Å²) < 4.78 is 0. The first-order chi connectivity index (χ1) is 7.48. The lowest BCUT2D eigenvalue weighted by molar-refractivity contribution is -0.0496. The predicted octanol–water partition coefficient (Wildman–Crippen LogP) is 2.76. The molecule has 0 spiro atoms. The molecule has 0 heterocycles. The Balaban J connectivity index is 2.12. The van der Waals surface area contributed by atoms with Gasteiger partial charge in [0.2, 0.25) is 0 Å². The molecule has 1 aliphatic rings. The molecule has 88 valence electrons. The maximum Gasteiger partial charge on any atom is 0.107 e. The standard InChI is InChI=1S/C14H20O2/c1-14(2,16)13(15)12-8-6-11(7-9-12)10-4-3-5-10/h6-10,13,15-16H,3-5H2,1-2H3. The summed E-state index contributed by atoms with van der Waals surface area (Å²) >= 11 is 0. The van der Waals surface area contributed by atoms with E-state index in [4.69, 9.17) is 0 Å². The Labute approximate surface area is 96.9 Å². The monoisotopic (exact) mass is 220 g/mol. The van der Waals surface area contributed by atoms with Crippen LogP contribution in [-0.2, 0) is 0 Å². The fourth-order valence-electron chi connectivity index (χ4n) is 2.10. The predicted molar refractivity (Wildman–Crippen MR) is 64.3 cm³/mol. The van der Waals surface area contributed by atoms with E-state index in [1.165, 1.54) is 24.8 Å². The van der Waals surface area contributed by atoms with Crippen molar-refractivity contribution in [3.63, 3.8) is 0 Å². The van der Waals surface area contributed by atoms with Crippen molar-refractivity contribution >= 4 is 0 Å². The average molecular weight is 220 g/mol. The van der Waals surface area contributed by atoms with Crippen molar-refractivity contribution in [3.05, 3.63) is 35.4 Å². The molecule has 1 aromatic rings. The molecule has 1 aromatic carbocycles. The van der Waals surface area contributed by atoms with Crippen LogP contribution in [0.25, 0.3) is 0 Å². The van der Waals surface area contributed by atoms with Gasteiger partial charge in [0.1, 0.15) is 6.10 Å². The van der Waals surface area contributed by atoms with Gasteiger partial charge in [-0.25, -0.2) is 0 Å². The van der Waals surface area contributed by atoms with E-state index in [0.29, 0.717) is 5.92 Å². The first-order valence-electron chi connectivity index (χ1n) is 5.99. The Kier molecular flexibility index (Phi) is 3.04. The molecular formula is C14H20O2. The largest absolute Gasteiger partial charge is 0.387 e. The van der Waals surface area contributed by atoms with Crippen LogP contribution >= 0.6 is 0 Å². The zero-order valence-electron chi connectivity index (χ0n) is 9.98. The second-order valence-corrected chi connectivity index (χ2v) is 5.35. The second-order valence-electron chi connectivity index (χ2n) is 5.35. The summed E-state index contributed by atoms with van der Waals surface area (Å²) in [5.41, 5.74) is 1.06. The minimum Gasteiger partial charge on any atom is -0.387 e. The Morgan fingerprint density at radius 3 is 2.12 bits per heavy atom. The van der Waals surface area contributed by atoms with Crippen LogP contribution in [0.15, 0.2) is 24.3 Å². The second kappa shape index (κ2) is 4.19. The van der Waals surface area contributed by atoms with Gasteiger partial charge in [0.25, 0.3) is 0 Å². The van der Waals surface area contributed by atoms with E-state index >= 15 is 0 Å². The van der Waals surface area contributed by atoms with E-state index in [1.54, 1.807) is 13.8 Å². The molecule has 16 heavy (non-hydrogen) atoms. The quantitative estimate of drug-likeness (QED) is 0.822. The minimum atomic E-state index is -1.09. The minimum absolute atomic E-state index is 0.716. The van der Waals surface area contributed by atoms with Gasteiger partial charge in [0.05, 0.1) is 5.60 Å². The van der Waals surface area contributed by atoms with Crippen molar-refractivity contribution in [1.82, 2.24) is 0 Å². The van der Waals surface area contributed by atoms with Crippen LogP contribution < -0.4 is 0 Å². The molecule has 0 aromatic heterocycles. The molecule has 2 heteroatoms. The summed E-state index contributed by atoms with van der Waals surface area (Å²) in [4.78, 5) is 0. The summed E-state index contributed by atoms with van der Waals surface area (Å²) in [7, 11) is 0. The lowest BCUT2D eigenvalue weighted by atomic mass is 9.79. The molecule has 1 unspecified atom stereocenters. The first-order valence-corrected chi connectivity index (χ1v) is 5.99. The number of rotatable bonds is 3. The van der Waals surface area contributed by atoms with Crippen molar-refractivity contribution in [2.45, 2.75) is 50.7 Å². The summed E-state index contributed by atoms with van der Waals surface area (Å²) in [6.07, 6.45) is 3.09. The zero-order valence-corrected chi connectivity index (χ0v) is 9.98. The highest BCUT2D eigenvalue weighted by Crippen LogP contribution is 2.37. The van der Waals surface area contributed by atoms with Gasteiger partial charge >= 0.3 is 0 Å². The van der Waals surface area contributed by atoms with Crippen LogP contribution in [0.1, 0.15) is 56.3 Å². The molecule has 0 amide bonds. The van der Waals surface area contributed by atoms with Gasteiger partial charge in [-0.05, 0) is 43.7 Å². The van der Waals surface area contributed by atoms with Gasteiger partial charge in [0.15, 0.2) is 0 Å². The van der Waals surface area contributed by atoms with Gasteiger partial charge in [-0.2, -0.15) is 0 Å². The number of hydrogen-bond acceptors (Lipinski definition) is 2. The molecule has 0 bridgehead atoms. The lowest BCUT2D eigenvalue weighted by Crippen LogP contribution is -2.28. The topological polar surface area (TPSA) is 40.5 Å². The van der Waals surface area contributed by atoms with E-state index in [2.05, 4.69) is 12.1 Å². The Morgan fingerprint density at radius 1 is 1.19 bits per heavy atom. The summed E-state index contributed by atoms with van der Waals surface area (Å²) in [5.74, 6) is 0.716. The van der Waals surface area contributed by atoms with Gasteiger partial charge in [-0.15, -0.1) is 0 Å². The Hall–Kier alpha value is -0.860. The summed E-state index contributed by atoms with van der Waals surface area (Å²) in [6, 6.07) is 8.01. The SMILES string of the molecule is CC(C)(O)C(O)c1ccc(C2CCC2)cc1. The third-order valence-electron chi connectivity index (χ3n) is 3.50. The number of hydrogen-bond donors (Lipinski definition) is 2. The molecule has 1 fully saturated rings. The van der Waals surface area contributed by atoms with Gasteiger partial charge in [-0.3, -0.25) is 0 Å². The molecule has 1 aliphatic carbocycles. The van der Waals surface area contributed by atoms with Crippen LogP contribution in [-0.4, -0.2) is 15.8 Å². The fourth-order valence-corrected chi connectivity index (χ4v) is 2.10. The van der Waals surface area contributed by atoms with Crippen molar-refractivity contribution in [2.24, 2.45) is 0 Å². The van der Waals surface area contributed by atoms with Crippen LogP contribution in [0.2, 0.25) is 0 Å². The van der Waals surface area contributed by atoms with E-state index in [1.807, 2.05) is 12.1 Å². The number of benzene rings is 1. The van der Waals surface area contributed by atoms with Crippen molar-refractivity contribution in [1.29, 1.82) is 0 Å². The maximum atomic E-state index is 9.91. The van der Waals surface area contributed by atoms with Crippen LogP contribution in [0, 0.1) is 0 Å². The summed E-state index contributed by atoms with van der Waals surface area (Å²) in [6.45, 7) is 3.25. The highest BCUT2D eigenvalue weighted by molar-refractivity contribution is 5.28. The maximum absolute atomic E-state index is 9.91. The molecular weight excluding hydrogens is 200 g/mol. The number of aliphatic hydroxyl groups is 2. The number of aliphatic hydroxyl groups excluding tert-OH is 1. The molecule has 2 nitrogen and oxygen atoms in total. The fraction of sp³-hybridized carbons (Fsp3) is 0.571. The van der Waals surface area contributed by atoms with Crippen LogP contribution in [0.5, 0.6) is 0 Å². The van der Waals surface area contributed by atoms with Gasteiger partial charge < -0.3 is 10.2 Å². The highest BCUT2D eigenvalue weighted by Gasteiger charge is 2.26. The Bertz CT molecular complexity index is 344.